The van der Waals surface area contributed by atoms with Gasteiger partial charge in [-0.05, 0) is 22.1 Å². The van der Waals surface area contributed by atoms with Crippen LogP contribution in [-0.2, 0) is 0 Å². The SMILES string of the molecule is CC1(C)C=CC=CC1c1ccc(-c2ccccc2)cc1. The summed E-state index contributed by atoms with van der Waals surface area (Å²) in [5, 5.41) is 0. The van der Waals surface area contributed by atoms with Crippen molar-refractivity contribution in [3.05, 3.63) is 84.5 Å². The largest absolute Gasteiger partial charge is 0.0779 e. The second kappa shape index (κ2) is 5.13. The highest BCUT2D eigenvalue weighted by molar-refractivity contribution is 5.63. The van der Waals surface area contributed by atoms with Gasteiger partial charge in [-0.2, -0.15) is 0 Å². The number of allylic oxidation sites excluding steroid dienone is 4. The smallest absolute Gasteiger partial charge is 0.0107 e. The molecule has 0 nitrogen and oxygen atoms in total. The van der Waals surface area contributed by atoms with Crippen LogP contribution in [0.3, 0.4) is 0 Å². The first-order valence-electron chi connectivity index (χ1n) is 7.18. The fourth-order valence-electron chi connectivity index (χ4n) is 2.88. The zero-order chi connectivity index (χ0) is 14.0. The molecule has 0 fully saturated rings. The molecule has 0 saturated carbocycles. The van der Waals surface area contributed by atoms with Crippen LogP contribution in [0.15, 0.2) is 78.9 Å². The van der Waals surface area contributed by atoms with Gasteiger partial charge in [0.1, 0.15) is 0 Å². The summed E-state index contributed by atoms with van der Waals surface area (Å²) >= 11 is 0. The van der Waals surface area contributed by atoms with Gasteiger partial charge in [0.25, 0.3) is 0 Å². The molecule has 2 aromatic carbocycles. The van der Waals surface area contributed by atoms with E-state index in [1.165, 1.54) is 16.7 Å². The summed E-state index contributed by atoms with van der Waals surface area (Å²) in [6.07, 6.45) is 8.90. The van der Waals surface area contributed by atoms with Crippen molar-refractivity contribution in [2.45, 2.75) is 19.8 Å². The molecule has 0 bridgehead atoms. The van der Waals surface area contributed by atoms with E-state index < -0.39 is 0 Å². The van der Waals surface area contributed by atoms with Gasteiger partial charge in [0, 0.05) is 5.92 Å². The highest BCUT2D eigenvalue weighted by Gasteiger charge is 2.27. The average molecular weight is 260 g/mol. The molecule has 0 amide bonds. The Morgan fingerprint density at radius 3 is 2.05 bits per heavy atom. The highest BCUT2D eigenvalue weighted by atomic mass is 14.3. The zero-order valence-electron chi connectivity index (χ0n) is 12.1. The maximum atomic E-state index is 2.30. The molecule has 0 heterocycles. The molecule has 1 aliphatic rings. The van der Waals surface area contributed by atoms with E-state index in [0.29, 0.717) is 5.92 Å². The minimum atomic E-state index is 0.184. The molecular weight excluding hydrogens is 240 g/mol. The Labute approximate surface area is 121 Å². The van der Waals surface area contributed by atoms with Crippen molar-refractivity contribution in [2.24, 2.45) is 5.41 Å². The van der Waals surface area contributed by atoms with Crippen molar-refractivity contribution in [1.82, 2.24) is 0 Å². The molecule has 1 atom stereocenters. The lowest BCUT2D eigenvalue weighted by Gasteiger charge is -2.32. The minimum Gasteiger partial charge on any atom is -0.0779 e. The Morgan fingerprint density at radius 2 is 1.40 bits per heavy atom. The Bertz CT molecular complexity index is 627. The third kappa shape index (κ3) is 2.46. The molecule has 0 spiro atoms. The third-order valence-corrected chi connectivity index (χ3v) is 4.12. The first kappa shape index (κ1) is 12.9. The Balaban J connectivity index is 1.91. The minimum absolute atomic E-state index is 0.184. The van der Waals surface area contributed by atoms with Crippen molar-refractivity contribution in [1.29, 1.82) is 0 Å². The van der Waals surface area contributed by atoms with Crippen LogP contribution in [0.2, 0.25) is 0 Å². The van der Waals surface area contributed by atoms with E-state index in [1.807, 2.05) is 0 Å². The predicted octanol–water partition coefficient (Wildman–Crippen LogP) is 5.59. The van der Waals surface area contributed by atoms with Gasteiger partial charge < -0.3 is 0 Å². The maximum Gasteiger partial charge on any atom is 0.0107 e. The molecule has 0 aliphatic heterocycles. The Morgan fingerprint density at radius 1 is 0.750 bits per heavy atom. The van der Waals surface area contributed by atoms with Gasteiger partial charge in [-0.15, -0.1) is 0 Å². The van der Waals surface area contributed by atoms with Crippen LogP contribution >= 0.6 is 0 Å². The van der Waals surface area contributed by atoms with E-state index in [-0.39, 0.29) is 5.41 Å². The summed E-state index contributed by atoms with van der Waals surface area (Å²) < 4.78 is 0. The first-order valence-corrected chi connectivity index (χ1v) is 7.18. The van der Waals surface area contributed by atoms with Crippen molar-refractivity contribution < 1.29 is 0 Å². The topological polar surface area (TPSA) is 0 Å². The quantitative estimate of drug-likeness (QED) is 0.660. The number of hydrogen-bond acceptors (Lipinski definition) is 0. The van der Waals surface area contributed by atoms with Crippen LogP contribution in [0, 0.1) is 5.41 Å². The molecule has 1 aliphatic carbocycles. The maximum absolute atomic E-state index is 2.30. The summed E-state index contributed by atoms with van der Waals surface area (Å²) in [5.41, 5.74) is 4.12. The van der Waals surface area contributed by atoms with Gasteiger partial charge in [0.15, 0.2) is 0 Å². The van der Waals surface area contributed by atoms with Crippen LogP contribution in [0.25, 0.3) is 11.1 Å². The van der Waals surface area contributed by atoms with E-state index in [9.17, 15) is 0 Å². The molecule has 0 N–H and O–H groups in total. The van der Waals surface area contributed by atoms with Gasteiger partial charge in [0.2, 0.25) is 0 Å². The zero-order valence-corrected chi connectivity index (χ0v) is 12.1. The van der Waals surface area contributed by atoms with Crippen LogP contribution in [0.4, 0.5) is 0 Å². The molecular formula is C20H20. The number of hydrogen-bond donors (Lipinski definition) is 0. The summed E-state index contributed by atoms with van der Waals surface area (Å²) in [5.74, 6) is 0.456. The monoisotopic (exact) mass is 260 g/mol. The van der Waals surface area contributed by atoms with Crippen molar-refractivity contribution >= 4 is 0 Å². The second-order valence-corrected chi connectivity index (χ2v) is 6.03. The molecule has 3 rings (SSSR count). The lowest BCUT2D eigenvalue weighted by atomic mass is 9.72. The normalized spacial score (nSPS) is 20.0. The van der Waals surface area contributed by atoms with E-state index in [4.69, 9.17) is 0 Å². The van der Waals surface area contributed by atoms with E-state index in [2.05, 4.69) is 92.7 Å². The van der Waals surface area contributed by atoms with E-state index in [0.717, 1.165) is 0 Å². The van der Waals surface area contributed by atoms with E-state index >= 15 is 0 Å². The third-order valence-electron chi connectivity index (χ3n) is 4.12. The summed E-state index contributed by atoms with van der Waals surface area (Å²) in [4.78, 5) is 0. The molecule has 0 saturated heterocycles. The van der Waals surface area contributed by atoms with Gasteiger partial charge >= 0.3 is 0 Å². The Kier molecular flexibility index (Phi) is 3.31. The lowest BCUT2D eigenvalue weighted by molar-refractivity contribution is 0.422. The van der Waals surface area contributed by atoms with E-state index in [1.54, 1.807) is 0 Å². The summed E-state index contributed by atoms with van der Waals surface area (Å²) in [6, 6.07) is 19.5. The standard InChI is InChI=1S/C20H20/c1-20(2)15-7-6-10-19(20)18-13-11-17(12-14-18)16-8-4-3-5-9-16/h3-15,19H,1-2H3. The van der Waals surface area contributed by atoms with Crippen LogP contribution < -0.4 is 0 Å². The second-order valence-electron chi connectivity index (χ2n) is 6.03. The lowest BCUT2D eigenvalue weighted by Crippen LogP contribution is -2.19. The molecule has 0 aromatic heterocycles. The number of rotatable bonds is 2. The highest BCUT2D eigenvalue weighted by Crippen LogP contribution is 2.40. The van der Waals surface area contributed by atoms with Gasteiger partial charge in [-0.1, -0.05) is 92.7 Å². The van der Waals surface area contributed by atoms with Gasteiger partial charge in [-0.25, -0.2) is 0 Å². The fraction of sp³-hybridized carbons (Fsp3) is 0.200. The van der Waals surface area contributed by atoms with Crippen LogP contribution in [0.1, 0.15) is 25.3 Å². The molecule has 0 heteroatoms. The van der Waals surface area contributed by atoms with Gasteiger partial charge in [0.05, 0.1) is 0 Å². The van der Waals surface area contributed by atoms with Crippen LogP contribution in [0.5, 0.6) is 0 Å². The van der Waals surface area contributed by atoms with Gasteiger partial charge in [-0.3, -0.25) is 0 Å². The molecule has 100 valence electrons. The summed E-state index contributed by atoms with van der Waals surface area (Å²) in [6.45, 7) is 4.59. The first-order chi connectivity index (χ1) is 9.67. The predicted molar refractivity (Wildman–Crippen MR) is 86.7 cm³/mol. The fourth-order valence-corrected chi connectivity index (χ4v) is 2.88. The molecule has 2 aromatic rings. The Hall–Kier alpha value is -2.08. The summed E-state index contributed by atoms with van der Waals surface area (Å²) in [7, 11) is 0. The van der Waals surface area contributed by atoms with Crippen molar-refractivity contribution in [3.8, 4) is 11.1 Å². The van der Waals surface area contributed by atoms with Crippen LogP contribution in [-0.4, -0.2) is 0 Å². The molecule has 0 radical (unpaired) electrons. The molecule has 20 heavy (non-hydrogen) atoms. The average Bonchev–Trinajstić information content (AvgIpc) is 2.48. The van der Waals surface area contributed by atoms with Crippen molar-refractivity contribution in [3.63, 3.8) is 0 Å². The molecule has 1 unspecified atom stereocenters. The number of benzene rings is 2. The van der Waals surface area contributed by atoms with Crippen molar-refractivity contribution in [2.75, 3.05) is 0 Å².